The number of rotatable bonds is 2. The molecule has 0 saturated carbocycles. The van der Waals surface area contributed by atoms with E-state index in [1.807, 2.05) is 0 Å². The third kappa shape index (κ3) is 1.92. The van der Waals surface area contributed by atoms with Crippen molar-refractivity contribution >= 4 is 34.7 Å². The van der Waals surface area contributed by atoms with Crippen LogP contribution in [-0.2, 0) is 0 Å². The number of benzene rings is 1. The van der Waals surface area contributed by atoms with Gasteiger partial charge in [0.15, 0.2) is 5.76 Å². The molecule has 0 aliphatic carbocycles. The molecule has 1 aromatic heterocycles. The second kappa shape index (κ2) is 4.20. The number of furan rings is 1. The second-order valence-electron chi connectivity index (χ2n) is 3.17. The van der Waals surface area contributed by atoms with Crippen molar-refractivity contribution in [3.8, 4) is 0 Å². The molecule has 82 valence electrons. The lowest BCUT2D eigenvalue weighted by atomic mass is 10.1. The smallest absolute Gasteiger partial charge is 0.229 e. The maximum atomic E-state index is 11.9. The van der Waals surface area contributed by atoms with Crippen molar-refractivity contribution in [3.05, 3.63) is 51.9 Å². The van der Waals surface area contributed by atoms with Crippen LogP contribution in [0.5, 0.6) is 0 Å². The van der Waals surface area contributed by atoms with Crippen LogP contribution in [0.3, 0.4) is 0 Å². The molecule has 1 aromatic carbocycles. The van der Waals surface area contributed by atoms with Gasteiger partial charge in [0.05, 0.1) is 16.3 Å². The van der Waals surface area contributed by atoms with Crippen molar-refractivity contribution in [2.45, 2.75) is 0 Å². The number of carbonyl (C=O) groups excluding carboxylic acids is 1. The largest absolute Gasteiger partial charge is 0.461 e. The first-order valence-electron chi connectivity index (χ1n) is 4.42. The molecule has 1 heterocycles. The van der Waals surface area contributed by atoms with Gasteiger partial charge in [0.25, 0.3) is 0 Å². The van der Waals surface area contributed by atoms with Crippen LogP contribution in [0.4, 0.5) is 5.69 Å². The third-order valence-electron chi connectivity index (χ3n) is 2.04. The molecule has 2 aromatic rings. The zero-order chi connectivity index (χ0) is 11.7. The molecule has 0 bridgehead atoms. The highest BCUT2D eigenvalue weighted by atomic mass is 35.5. The molecule has 0 fully saturated rings. The number of hydrogen-bond acceptors (Lipinski definition) is 3. The standard InChI is InChI=1S/C11H7Cl2NO2/c12-8-5-6(14)4-7(10(8)13)11(15)9-2-1-3-16-9/h1-5H,14H2. The van der Waals surface area contributed by atoms with Crippen molar-refractivity contribution in [1.82, 2.24) is 0 Å². The van der Waals surface area contributed by atoms with E-state index in [9.17, 15) is 4.79 Å². The van der Waals surface area contributed by atoms with Gasteiger partial charge in [-0.3, -0.25) is 4.79 Å². The first-order valence-corrected chi connectivity index (χ1v) is 5.18. The fourth-order valence-corrected chi connectivity index (χ4v) is 1.74. The number of nitrogen functional groups attached to an aromatic ring is 1. The highest BCUT2D eigenvalue weighted by Gasteiger charge is 2.17. The first kappa shape index (κ1) is 11.0. The van der Waals surface area contributed by atoms with Crippen LogP contribution in [-0.4, -0.2) is 5.78 Å². The van der Waals surface area contributed by atoms with Crippen LogP contribution in [0.15, 0.2) is 34.9 Å². The fraction of sp³-hybridized carbons (Fsp3) is 0. The minimum absolute atomic E-state index is 0.178. The molecule has 0 aliphatic heterocycles. The maximum absolute atomic E-state index is 11.9. The van der Waals surface area contributed by atoms with Gasteiger partial charge in [-0.1, -0.05) is 23.2 Å². The zero-order valence-electron chi connectivity index (χ0n) is 8.04. The Balaban J connectivity index is 2.52. The lowest BCUT2D eigenvalue weighted by Crippen LogP contribution is -2.02. The molecule has 0 spiro atoms. The topological polar surface area (TPSA) is 56.2 Å². The molecule has 2 rings (SSSR count). The fourth-order valence-electron chi connectivity index (χ4n) is 1.32. The highest BCUT2D eigenvalue weighted by molar-refractivity contribution is 6.44. The number of hydrogen-bond donors (Lipinski definition) is 1. The Hall–Kier alpha value is -1.45. The summed E-state index contributed by atoms with van der Waals surface area (Å²) in [5.41, 5.74) is 6.21. The zero-order valence-corrected chi connectivity index (χ0v) is 9.55. The van der Waals surface area contributed by atoms with Crippen molar-refractivity contribution in [3.63, 3.8) is 0 Å². The number of halogens is 2. The van der Waals surface area contributed by atoms with Crippen LogP contribution >= 0.6 is 23.2 Å². The molecule has 5 heteroatoms. The average Bonchev–Trinajstić information content (AvgIpc) is 2.75. The molecule has 0 unspecified atom stereocenters. The molecule has 16 heavy (non-hydrogen) atoms. The van der Waals surface area contributed by atoms with Gasteiger partial charge in [0, 0.05) is 11.3 Å². The quantitative estimate of drug-likeness (QED) is 0.661. The molecule has 0 atom stereocenters. The van der Waals surface area contributed by atoms with Gasteiger partial charge in [-0.2, -0.15) is 0 Å². The molecular weight excluding hydrogens is 249 g/mol. The molecule has 0 aliphatic rings. The summed E-state index contributed by atoms with van der Waals surface area (Å²) in [5.74, 6) is -0.146. The normalized spacial score (nSPS) is 10.4. The van der Waals surface area contributed by atoms with E-state index in [0.29, 0.717) is 5.69 Å². The summed E-state index contributed by atoms with van der Waals surface area (Å²) in [7, 11) is 0. The predicted octanol–water partition coefficient (Wildman–Crippen LogP) is 3.40. The summed E-state index contributed by atoms with van der Waals surface area (Å²) in [5, 5.41) is 0.425. The van der Waals surface area contributed by atoms with Gasteiger partial charge in [0.1, 0.15) is 0 Å². The summed E-state index contributed by atoms with van der Waals surface area (Å²) in [6, 6.07) is 6.13. The van der Waals surface area contributed by atoms with Gasteiger partial charge in [-0.15, -0.1) is 0 Å². The average molecular weight is 256 g/mol. The van der Waals surface area contributed by atoms with Gasteiger partial charge in [0.2, 0.25) is 5.78 Å². The van der Waals surface area contributed by atoms with E-state index in [-0.39, 0.29) is 27.2 Å². The summed E-state index contributed by atoms with van der Waals surface area (Å²) in [6.07, 6.45) is 1.41. The number of nitrogens with two attached hydrogens (primary N) is 1. The van der Waals surface area contributed by atoms with Gasteiger partial charge in [-0.25, -0.2) is 0 Å². The van der Waals surface area contributed by atoms with Crippen molar-refractivity contribution < 1.29 is 9.21 Å². The van der Waals surface area contributed by atoms with E-state index < -0.39 is 0 Å². The summed E-state index contributed by atoms with van der Waals surface area (Å²) < 4.78 is 4.99. The van der Waals surface area contributed by atoms with E-state index in [0.717, 1.165) is 0 Å². The number of ketones is 1. The van der Waals surface area contributed by atoms with Gasteiger partial charge >= 0.3 is 0 Å². The molecule has 0 radical (unpaired) electrons. The maximum Gasteiger partial charge on any atom is 0.229 e. The lowest BCUT2D eigenvalue weighted by molar-refractivity contribution is 0.101. The molecule has 0 amide bonds. The van der Waals surface area contributed by atoms with Crippen LogP contribution < -0.4 is 5.73 Å². The molecule has 3 nitrogen and oxygen atoms in total. The summed E-state index contributed by atoms with van der Waals surface area (Å²) in [4.78, 5) is 11.9. The summed E-state index contributed by atoms with van der Waals surface area (Å²) >= 11 is 11.8. The SMILES string of the molecule is Nc1cc(Cl)c(Cl)c(C(=O)c2ccco2)c1. The van der Waals surface area contributed by atoms with Crippen LogP contribution in [0.2, 0.25) is 10.0 Å². The lowest BCUT2D eigenvalue weighted by Gasteiger charge is -2.04. The summed E-state index contributed by atoms with van der Waals surface area (Å²) in [6.45, 7) is 0. The Morgan fingerprint density at radius 2 is 2.06 bits per heavy atom. The monoisotopic (exact) mass is 255 g/mol. The van der Waals surface area contributed by atoms with E-state index in [1.54, 1.807) is 12.1 Å². The van der Waals surface area contributed by atoms with Crippen molar-refractivity contribution in [2.75, 3.05) is 5.73 Å². The van der Waals surface area contributed by atoms with E-state index in [2.05, 4.69) is 0 Å². The predicted molar refractivity (Wildman–Crippen MR) is 63.0 cm³/mol. The first-order chi connectivity index (χ1) is 7.59. The minimum Gasteiger partial charge on any atom is -0.461 e. The Labute approximate surface area is 102 Å². The Morgan fingerprint density at radius 1 is 1.31 bits per heavy atom. The van der Waals surface area contributed by atoms with Gasteiger partial charge in [-0.05, 0) is 24.3 Å². The molecular formula is C11H7Cl2NO2. The molecule has 2 N–H and O–H groups in total. The minimum atomic E-state index is -0.343. The Kier molecular flexibility index (Phi) is 2.90. The number of carbonyl (C=O) groups is 1. The Morgan fingerprint density at radius 3 is 2.69 bits per heavy atom. The third-order valence-corrected chi connectivity index (χ3v) is 2.84. The number of anilines is 1. The van der Waals surface area contributed by atoms with Crippen molar-refractivity contribution in [2.24, 2.45) is 0 Å². The van der Waals surface area contributed by atoms with Crippen LogP contribution in [0, 0.1) is 0 Å². The van der Waals surface area contributed by atoms with Crippen molar-refractivity contribution in [1.29, 1.82) is 0 Å². The van der Waals surface area contributed by atoms with E-state index in [1.165, 1.54) is 18.4 Å². The van der Waals surface area contributed by atoms with E-state index in [4.69, 9.17) is 33.4 Å². The molecule has 0 saturated heterocycles. The second-order valence-corrected chi connectivity index (χ2v) is 3.96. The Bertz CT molecular complexity index is 535. The highest BCUT2D eigenvalue weighted by Crippen LogP contribution is 2.30. The van der Waals surface area contributed by atoms with Crippen LogP contribution in [0.1, 0.15) is 16.1 Å². The van der Waals surface area contributed by atoms with E-state index >= 15 is 0 Å². The van der Waals surface area contributed by atoms with Gasteiger partial charge < -0.3 is 10.2 Å². The van der Waals surface area contributed by atoms with Crippen LogP contribution in [0.25, 0.3) is 0 Å².